The van der Waals surface area contributed by atoms with E-state index in [2.05, 4.69) is 0 Å². The van der Waals surface area contributed by atoms with Gasteiger partial charge >= 0.3 is 0 Å². The zero-order valence-electron chi connectivity index (χ0n) is 6.73. The van der Waals surface area contributed by atoms with Gasteiger partial charge in [0.2, 0.25) is 0 Å². The van der Waals surface area contributed by atoms with Crippen LogP contribution in [0.4, 0.5) is 0 Å². The van der Waals surface area contributed by atoms with E-state index in [1.54, 1.807) is 18.9 Å². The molecule has 0 aliphatic heterocycles. The normalized spacial score (nSPS) is 10.0. The van der Waals surface area contributed by atoms with Crippen molar-refractivity contribution in [3.63, 3.8) is 0 Å². The molecule has 0 atom stereocenters. The molecule has 4 heteroatoms. The predicted molar refractivity (Wildman–Crippen MR) is 54.8 cm³/mol. The molecule has 66 valence electrons. The van der Waals surface area contributed by atoms with Gasteiger partial charge in [0.1, 0.15) is 0 Å². The Morgan fingerprint density at radius 2 is 1.75 bits per heavy atom. The van der Waals surface area contributed by atoms with E-state index in [9.17, 15) is 0 Å². The molecule has 1 rings (SSSR count). The maximum absolute atomic E-state index is 5.89. The average Bonchev–Trinajstić information content (AvgIpc) is 2.03. The van der Waals surface area contributed by atoms with Gasteiger partial charge in [-0.05, 0) is 18.4 Å². The van der Waals surface area contributed by atoms with Crippen LogP contribution < -0.4 is 4.74 Å². The van der Waals surface area contributed by atoms with Gasteiger partial charge < -0.3 is 4.74 Å². The van der Waals surface area contributed by atoms with E-state index in [0.717, 1.165) is 4.90 Å². The van der Waals surface area contributed by atoms with Crippen LogP contribution in [0.15, 0.2) is 17.0 Å². The standard InChI is InChI=1S/C8H8Cl2OS/c1-11-8-6(9)3-5(12-2)4-7(8)10/h3-4H,1-2H3. The smallest absolute Gasteiger partial charge is 0.156 e. The minimum absolute atomic E-state index is 0.538. The van der Waals surface area contributed by atoms with E-state index in [4.69, 9.17) is 27.9 Å². The first-order valence-electron chi connectivity index (χ1n) is 3.26. The van der Waals surface area contributed by atoms with Crippen molar-refractivity contribution >= 4 is 35.0 Å². The third-order valence-electron chi connectivity index (χ3n) is 1.41. The maximum atomic E-state index is 5.89. The quantitative estimate of drug-likeness (QED) is 0.706. The van der Waals surface area contributed by atoms with Gasteiger partial charge in [0.25, 0.3) is 0 Å². The Labute approximate surface area is 86.0 Å². The third kappa shape index (κ3) is 2.00. The van der Waals surface area contributed by atoms with Gasteiger partial charge in [0.05, 0.1) is 17.2 Å². The van der Waals surface area contributed by atoms with Gasteiger partial charge in [-0.25, -0.2) is 0 Å². The summed E-state index contributed by atoms with van der Waals surface area (Å²) in [6.07, 6.45) is 1.97. The molecule has 1 nitrogen and oxygen atoms in total. The highest BCUT2D eigenvalue weighted by Gasteiger charge is 2.07. The largest absolute Gasteiger partial charge is 0.494 e. The summed E-state index contributed by atoms with van der Waals surface area (Å²) < 4.78 is 5.00. The van der Waals surface area contributed by atoms with Crippen molar-refractivity contribution in [2.75, 3.05) is 13.4 Å². The Bertz CT molecular complexity index is 265. The molecule has 0 amide bonds. The van der Waals surface area contributed by atoms with Gasteiger partial charge in [0.15, 0.2) is 5.75 Å². The molecule has 1 aromatic rings. The number of benzene rings is 1. The second kappa shape index (κ2) is 4.26. The number of thioether (sulfide) groups is 1. The fraction of sp³-hybridized carbons (Fsp3) is 0.250. The van der Waals surface area contributed by atoms with Crippen molar-refractivity contribution < 1.29 is 4.74 Å². The molecule has 0 N–H and O–H groups in total. The number of ether oxygens (including phenoxy) is 1. The zero-order chi connectivity index (χ0) is 9.14. The molecular formula is C8H8Cl2OS. The van der Waals surface area contributed by atoms with Crippen LogP contribution in [0.25, 0.3) is 0 Å². The Balaban J connectivity index is 3.18. The first-order valence-corrected chi connectivity index (χ1v) is 5.24. The lowest BCUT2D eigenvalue weighted by Crippen LogP contribution is -1.85. The molecule has 0 unspecified atom stereocenters. The highest BCUT2D eigenvalue weighted by Crippen LogP contribution is 2.36. The Morgan fingerprint density at radius 1 is 1.25 bits per heavy atom. The Hall–Kier alpha value is -0.0500. The summed E-state index contributed by atoms with van der Waals surface area (Å²) in [6, 6.07) is 3.66. The van der Waals surface area contributed by atoms with Crippen molar-refractivity contribution in [3.8, 4) is 5.75 Å². The van der Waals surface area contributed by atoms with Crippen molar-refractivity contribution in [2.45, 2.75) is 4.90 Å². The molecule has 0 saturated heterocycles. The van der Waals surface area contributed by atoms with Crippen LogP contribution in [0.3, 0.4) is 0 Å². The molecular weight excluding hydrogens is 215 g/mol. The van der Waals surface area contributed by atoms with E-state index in [1.165, 1.54) is 0 Å². The van der Waals surface area contributed by atoms with Crippen LogP contribution in [-0.4, -0.2) is 13.4 Å². The maximum Gasteiger partial charge on any atom is 0.156 e. The SMILES string of the molecule is COc1c(Cl)cc(SC)cc1Cl. The minimum Gasteiger partial charge on any atom is -0.494 e. The number of hydrogen-bond acceptors (Lipinski definition) is 2. The van der Waals surface area contributed by atoms with Gasteiger partial charge in [-0.1, -0.05) is 23.2 Å². The summed E-state index contributed by atoms with van der Waals surface area (Å²) in [4.78, 5) is 1.03. The topological polar surface area (TPSA) is 9.23 Å². The molecule has 0 aliphatic carbocycles. The second-order valence-corrected chi connectivity index (χ2v) is 3.82. The monoisotopic (exact) mass is 222 g/mol. The van der Waals surface area contributed by atoms with Crippen LogP contribution in [0.1, 0.15) is 0 Å². The molecule has 0 aliphatic rings. The fourth-order valence-corrected chi connectivity index (χ4v) is 2.09. The molecule has 0 fully saturated rings. The summed E-state index contributed by atoms with van der Waals surface area (Å²) in [5.41, 5.74) is 0. The first-order chi connectivity index (χ1) is 5.69. The highest BCUT2D eigenvalue weighted by molar-refractivity contribution is 7.98. The molecule has 1 aromatic carbocycles. The lowest BCUT2D eigenvalue weighted by atomic mass is 10.3. The predicted octanol–water partition coefficient (Wildman–Crippen LogP) is 3.72. The van der Waals surface area contributed by atoms with E-state index < -0.39 is 0 Å². The number of rotatable bonds is 2. The summed E-state index contributed by atoms with van der Waals surface area (Å²) in [6.45, 7) is 0. The molecule has 0 radical (unpaired) electrons. The average molecular weight is 223 g/mol. The Morgan fingerprint density at radius 3 is 2.08 bits per heavy atom. The third-order valence-corrected chi connectivity index (χ3v) is 2.68. The van der Waals surface area contributed by atoms with Crippen LogP contribution in [0.2, 0.25) is 10.0 Å². The Kier molecular flexibility index (Phi) is 3.56. The van der Waals surface area contributed by atoms with Crippen molar-refractivity contribution in [2.24, 2.45) is 0 Å². The molecule has 0 spiro atoms. The van der Waals surface area contributed by atoms with Crippen LogP contribution in [-0.2, 0) is 0 Å². The minimum atomic E-state index is 0.538. The van der Waals surface area contributed by atoms with Gasteiger partial charge in [0, 0.05) is 4.90 Å². The lowest BCUT2D eigenvalue weighted by molar-refractivity contribution is 0.415. The lowest BCUT2D eigenvalue weighted by Gasteiger charge is -2.06. The van der Waals surface area contributed by atoms with E-state index in [0.29, 0.717) is 15.8 Å². The van der Waals surface area contributed by atoms with Gasteiger partial charge in [-0.15, -0.1) is 11.8 Å². The summed E-state index contributed by atoms with van der Waals surface area (Å²) >= 11 is 13.4. The molecule has 0 bridgehead atoms. The van der Waals surface area contributed by atoms with Crippen LogP contribution in [0, 0.1) is 0 Å². The van der Waals surface area contributed by atoms with E-state index in [1.807, 2.05) is 18.4 Å². The molecule has 0 aromatic heterocycles. The first kappa shape index (κ1) is 10.0. The highest BCUT2D eigenvalue weighted by atomic mass is 35.5. The molecule has 12 heavy (non-hydrogen) atoms. The van der Waals surface area contributed by atoms with E-state index >= 15 is 0 Å². The number of methoxy groups -OCH3 is 1. The summed E-state index contributed by atoms with van der Waals surface area (Å²) in [7, 11) is 1.55. The van der Waals surface area contributed by atoms with Crippen LogP contribution >= 0.6 is 35.0 Å². The van der Waals surface area contributed by atoms with Crippen molar-refractivity contribution in [1.82, 2.24) is 0 Å². The van der Waals surface area contributed by atoms with E-state index in [-0.39, 0.29) is 0 Å². The molecule has 0 saturated carbocycles. The van der Waals surface area contributed by atoms with Crippen molar-refractivity contribution in [3.05, 3.63) is 22.2 Å². The van der Waals surface area contributed by atoms with Gasteiger partial charge in [-0.3, -0.25) is 0 Å². The number of halogens is 2. The van der Waals surface area contributed by atoms with Gasteiger partial charge in [-0.2, -0.15) is 0 Å². The fourth-order valence-electron chi connectivity index (χ4n) is 0.849. The summed E-state index contributed by atoms with van der Waals surface area (Å²) in [5, 5.41) is 1.10. The van der Waals surface area contributed by atoms with Crippen molar-refractivity contribution in [1.29, 1.82) is 0 Å². The van der Waals surface area contributed by atoms with Crippen LogP contribution in [0.5, 0.6) is 5.75 Å². The number of hydrogen-bond donors (Lipinski definition) is 0. The molecule has 0 heterocycles. The second-order valence-electron chi connectivity index (χ2n) is 2.12. The summed E-state index contributed by atoms with van der Waals surface area (Å²) in [5.74, 6) is 0.538. The zero-order valence-corrected chi connectivity index (χ0v) is 9.06.